The summed E-state index contributed by atoms with van der Waals surface area (Å²) in [5.41, 5.74) is 1.17. The molecular formula is C23H13Cl2IN2O3. The lowest BCUT2D eigenvalue weighted by molar-refractivity contribution is -0.112. The van der Waals surface area contributed by atoms with Crippen molar-refractivity contribution in [2.75, 3.05) is 5.32 Å². The highest BCUT2D eigenvalue weighted by Crippen LogP contribution is 2.35. The number of benzene rings is 3. The number of nitrogens with one attached hydrogen (secondary N) is 1. The van der Waals surface area contributed by atoms with Gasteiger partial charge in [-0.1, -0.05) is 41.4 Å². The smallest absolute Gasteiger partial charge is 0.343 e. The van der Waals surface area contributed by atoms with E-state index in [1.165, 1.54) is 18.2 Å². The van der Waals surface area contributed by atoms with E-state index in [1.807, 2.05) is 18.2 Å². The van der Waals surface area contributed by atoms with Crippen LogP contribution in [0.3, 0.4) is 0 Å². The minimum Gasteiger partial charge on any atom is -0.420 e. The second-order valence-corrected chi connectivity index (χ2v) is 8.26. The van der Waals surface area contributed by atoms with Crippen molar-refractivity contribution >= 4 is 69.4 Å². The van der Waals surface area contributed by atoms with Crippen LogP contribution in [0.25, 0.3) is 6.08 Å². The topological polar surface area (TPSA) is 79.2 Å². The third kappa shape index (κ3) is 6.07. The van der Waals surface area contributed by atoms with Gasteiger partial charge in [-0.15, -0.1) is 0 Å². The molecule has 0 fully saturated rings. The molecule has 1 amide bonds. The summed E-state index contributed by atoms with van der Waals surface area (Å²) in [4.78, 5) is 24.7. The van der Waals surface area contributed by atoms with Gasteiger partial charge in [-0.05, 0) is 82.8 Å². The van der Waals surface area contributed by atoms with Crippen LogP contribution in [0.5, 0.6) is 5.75 Å². The quantitative estimate of drug-likeness (QED) is 0.129. The van der Waals surface area contributed by atoms with Crippen LogP contribution in [-0.2, 0) is 4.79 Å². The second kappa shape index (κ2) is 10.4. The molecule has 3 rings (SSSR count). The average molecular weight is 563 g/mol. The lowest BCUT2D eigenvalue weighted by Gasteiger charge is -2.10. The maximum atomic E-state index is 12.4. The Morgan fingerprint density at radius 3 is 2.19 bits per heavy atom. The van der Waals surface area contributed by atoms with Gasteiger partial charge in [0, 0.05) is 9.26 Å². The Morgan fingerprint density at radius 2 is 1.61 bits per heavy atom. The number of nitriles is 1. The van der Waals surface area contributed by atoms with E-state index in [9.17, 15) is 14.9 Å². The van der Waals surface area contributed by atoms with Crippen molar-refractivity contribution in [1.29, 1.82) is 5.26 Å². The molecule has 0 saturated carbocycles. The van der Waals surface area contributed by atoms with Crippen molar-refractivity contribution in [2.45, 2.75) is 0 Å². The number of rotatable bonds is 5. The molecule has 0 atom stereocenters. The minimum atomic E-state index is -0.609. The molecule has 0 heterocycles. The van der Waals surface area contributed by atoms with Crippen molar-refractivity contribution in [3.63, 3.8) is 0 Å². The van der Waals surface area contributed by atoms with Gasteiger partial charge in [0.15, 0.2) is 5.75 Å². The van der Waals surface area contributed by atoms with E-state index in [0.29, 0.717) is 16.8 Å². The van der Waals surface area contributed by atoms with Gasteiger partial charge in [0.1, 0.15) is 11.6 Å². The van der Waals surface area contributed by atoms with Crippen LogP contribution in [0.1, 0.15) is 15.9 Å². The summed E-state index contributed by atoms with van der Waals surface area (Å²) in [5.74, 6) is -1.19. The highest BCUT2D eigenvalue weighted by Gasteiger charge is 2.16. The number of esters is 1. The number of nitrogens with zero attached hydrogens (tertiary/aromatic N) is 1. The molecule has 0 unspecified atom stereocenters. The fourth-order valence-corrected chi connectivity index (χ4v) is 3.47. The van der Waals surface area contributed by atoms with E-state index < -0.39 is 11.9 Å². The number of carbonyl (C=O) groups is 2. The second-order valence-electron chi connectivity index (χ2n) is 6.20. The zero-order chi connectivity index (χ0) is 22.4. The fraction of sp³-hybridized carbons (Fsp3) is 0. The maximum Gasteiger partial charge on any atom is 0.343 e. The van der Waals surface area contributed by atoms with E-state index in [-0.39, 0.29) is 21.4 Å². The number of ether oxygens (including phenoxy) is 1. The molecule has 8 heteroatoms. The van der Waals surface area contributed by atoms with Gasteiger partial charge in [-0.25, -0.2) is 4.79 Å². The van der Waals surface area contributed by atoms with Gasteiger partial charge >= 0.3 is 5.97 Å². The van der Waals surface area contributed by atoms with E-state index in [2.05, 4.69) is 27.9 Å². The summed E-state index contributed by atoms with van der Waals surface area (Å²) >= 11 is 14.6. The number of anilines is 1. The monoisotopic (exact) mass is 562 g/mol. The zero-order valence-corrected chi connectivity index (χ0v) is 19.4. The predicted molar refractivity (Wildman–Crippen MR) is 129 cm³/mol. The summed E-state index contributed by atoms with van der Waals surface area (Å²) in [5, 5.41) is 12.2. The van der Waals surface area contributed by atoms with Crippen LogP contribution in [0, 0.1) is 14.9 Å². The SMILES string of the molecule is N#C/C(=C\c1cc(Cl)c(OC(=O)c2ccccc2)c(Cl)c1)C(=O)Nc1ccc(I)cc1. The van der Waals surface area contributed by atoms with Gasteiger partial charge in [-0.2, -0.15) is 5.26 Å². The largest absolute Gasteiger partial charge is 0.420 e. The van der Waals surface area contributed by atoms with Crippen LogP contribution in [0.15, 0.2) is 72.3 Å². The molecule has 0 aromatic heterocycles. The Balaban J connectivity index is 1.81. The van der Waals surface area contributed by atoms with Crippen LogP contribution in [-0.4, -0.2) is 11.9 Å². The van der Waals surface area contributed by atoms with Gasteiger partial charge in [0.25, 0.3) is 5.91 Å². The predicted octanol–water partition coefficient (Wildman–Crippen LogP) is 6.36. The molecule has 3 aromatic rings. The lowest BCUT2D eigenvalue weighted by atomic mass is 10.1. The number of amides is 1. The van der Waals surface area contributed by atoms with Gasteiger partial charge in [-0.3, -0.25) is 4.79 Å². The molecule has 0 radical (unpaired) electrons. The van der Waals surface area contributed by atoms with Crippen molar-refractivity contribution in [1.82, 2.24) is 0 Å². The van der Waals surface area contributed by atoms with Crippen LogP contribution >= 0.6 is 45.8 Å². The minimum absolute atomic E-state index is 0.00353. The highest BCUT2D eigenvalue weighted by molar-refractivity contribution is 14.1. The fourth-order valence-electron chi connectivity index (χ4n) is 2.53. The van der Waals surface area contributed by atoms with Gasteiger partial charge in [0.05, 0.1) is 15.6 Å². The van der Waals surface area contributed by atoms with Crippen molar-refractivity contribution in [3.05, 3.63) is 97.0 Å². The zero-order valence-electron chi connectivity index (χ0n) is 15.7. The number of hydrogen-bond donors (Lipinski definition) is 1. The Kier molecular flexibility index (Phi) is 7.69. The molecule has 154 valence electrons. The summed E-state index contributed by atoms with van der Waals surface area (Å²) < 4.78 is 6.33. The Hall–Kier alpha value is -2.86. The highest BCUT2D eigenvalue weighted by atomic mass is 127. The summed E-state index contributed by atoms with van der Waals surface area (Å²) in [6.07, 6.45) is 1.35. The number of hydrogen-bond acceptors (Lipinski definition) is 4. The summed E-state index contributed by atoms with van der Waals surface area (Å²) in [6.45, 7) is 0. The Bertz CT molecular complexity index is 1180. The molecule has 1 N–H and O–H groups in total. The normalized spacial score (nSPS) is 10.8. The Labute approximate surface area is 202 Å². The van der Waals surface area contributed by atoms with Crippen LogP contribution in [0.2, 0.25) is 10.0 Å². The van der Waals surface area contributed by atoms with Crippen LogP contribution < -0.4 is 10.1 Å². The summed E-state index contributed by atoms with van der Waals surface area (Å²) in [7, 11) is 0. The Morgan fingerprint density at radius 1 is 1.00 bits per heavy atom. The number of halogens is 3. The molecule has 0 aliphatic heterocycles. The van der Waals surface area contributed by atoms with Crippen molar-refractivity contribution in [3.8, 4) is 11.8 Å². The third-order valence-electron chi connectivity index (χ3n) is 4.00. The first-order valence-corrected chi connectivity index (χ1v) is 10.7. The average Bonchev–Trinajstić information content (AvgIpc) is 2.76. The van der Waals surface area contributed by atoms with Gasteiger partial charge in [0.2, 0.25) is 0 Å². The molecule has 0 saturated heterocycles. The molecule has 0 bridgehead atoms. The lowest BCUT2D eigenvalue weighted by Crippen LogP contribution is -2.13. The maximum absolute atomic E-state index is 12.4. The molecule has 3 aromatic carbocycles. The van der Waals surface area contributed by atoms with E-state index >= 15 is 0 Å². The van der Waals surface area contributed by atoms with Crippen LogP contribution in [0.4, 0.5) is 5.69 Å². The standard InChI is InChI=1S/C23H13Cl2IN2O3/c24-19-11-14(10-16(13-27)22(29)28-18-8-6-17(26)7-9-18)12-20(25)21(19)31-23(30)15-4-2-1-3-5-15/h1-12H,(H,28,29)/b16-10+. The van der Waals surface area contributed by atoms with E-state index in [1.54, 1.807) is 42.5 Å². The first kappa shape index (κ1) is 22.8. The van der Waals surface area contributed by atoms with Crippen molar-refractivity contribution in [2.24, 2.45) is 0 Å². The molecule has 31 heavy (non-hydrogen) atoms. The van der Waals surface area contributed by atoms with Crippen molar-refractivity contribution < 1.29 is 14.3 Å². The first-order chi connectivity index (χ1) is 14.9. The number of carbonyl (C=O) groups excluding carboxylic acids is 2. The third-order valence-corrected chi connectivity index (χ3v) is 5.28. The van der Waals surface area contributed by atoms with E-state index in [4.69, 9.17) is 27.9 Å². The first-order valence-electron chi connectivity index (χ1n) is 8.82. The van der Waals surface area contributed by atoms with Gasteiger partial charge < -0.3 is 10.1 Å². The summed E-state index contributed by atoms with van der Waals surface area (Å²) in [6, 6.07) is 20.3. The van der Waals surface area contributed by atoms with E-state index in [0.717, 1.165) is 3.57 Å². The molecule has 0 aliphatic rings. The molecule has 0 aliphatic carbocycles. The molecule has 0 spiro atoms. The molecular weight excluding hydrogens is 550 g/mol. The molecule has 5 nitrogen and oxygen atoms in total.